The van der Waals surface area contributed by atoms with E-state index in [1.54, 1.807) is 6.07 Å². The van der Waals surface area contributed by atoms with Crippen molar-refractivity contribution in [3.05, 3.63) is 47.5 Å². The van der Waals surface area contributed by atoms with Crippen molar-refractivity contribution >= 4 is 33.2 Å². The van der Waals surface area contributed by atoms with Gasteiger partial charge in [-0.05, 0) is 36.4 Å². The summed E-state index contributed by atoms with van der Waals surface area (Å²) < 4.78 is 37.1. The summed E-state index contributed by atoms with van der Waals surface area (Å²) in [4.78, 5) is 26.8. The molecule has 0 aliphatic carbocycles. The van der Waals surface area contributed by atoms with Gasteiger partial charge in [-0.15, -0.1) is 0 Å². The van der Waals surface area contributed by atoms with Crippen molar-refractivity contribution in [1.29, 1.82) is 0 Å². The second-order valence-corrected chi connectivity index (χ2v) is 9.45. The summed E-state index contributed by atoms with van der Waals surface area (Å²) in [5, 5.41) is 2.72. The highest BCUT2D eigenvalue weighted by Gasteiger charge is 2.25. The fourth-order valence-electron chi connectivity index (χ4n) is 3.30. The number of nitrogens with one attached hydrogen (secondary N) is 1. The van der Waals surface area contributed by atoms with Crippen LogP contribution >= 0.6 is 0 Å². The maximum Gasteiger partial charge on any atom is 0.257 e. The number of nitrogens with zero attached hydrogens (tertiary/aromatic N) is 2. The topological polar surface area (TPSA) is 131 Å². The number of anilines is 2. The molecular formula is C21H26N4O6S. The number of sulfonamides is 1. The smallest absolute Gasteiger partial charge is 0.257 e. The minimum absolute atomic E-state index is 0.0116. The molecule has 2 aromatic rings. The number of carbonyl (C=O) groups is 2. The Morgan fingerprint density at radius 2 is 1.81 bits per heavy atom. The number of primary amides is 1. The fraction of sp³-hybridized carbons (Fsp3) is 0.333. The lowest BCUT2D eigenvalue weighted by Crippen LogP contribution is -2.37. The molecule has 2 aromatic carbocycles. The van der Waals surface area contributed by atoms with Gasteiger partial charge >= 0.3 is 0 Å². The van der Waals surface area contributed by atoms with Gasteiger partial charge in [0.2, 0.25) is 15.9 Å². The third-order valence-electron chi connectivity index (χ3n) is 5.08. The first kappa shape index (κ1) is 23.5. The van der Waals surface area contributed by atoms with E-state index < -0.39 is 21.8 Å². The Morgan fingerprint density at radius 1 is 1.12 bits per heavy atom. The van der Waals surface area contributed by atoms with Gasteiger partial charge in [0.05, 0.1) is 36.5 Å². The lowest BCUT2D eigenvalue weighted by Gasteiger charge is -2.30. The van der Waals surface area contributed by atoms with Gasteiger partial charge in [-0.3, -0.25) is 9.59 Å². The Hall–Kier alpha value is -3.15. The number of ether oxygens (including phenoxy) is 2. The maximum absolute atomic E-state index is 13.3. The normalized spacial score (nSPS) is 14.3. The zero-order chi connectivity index (χ0) is 23.5. The fourth-order valence-corrected chi connectivity index (χ4v) is 4.23. The van der Waals surface area contributed by atoms with E-state index in [0.717, 1.165) is 4.31 Å². The molecule has 11 heteroatoms. The monoisotopic (exact) mass is 462 g/mol. The van der Waals surface area contributed by atoms with Crippen LogP contribution in [0.5, 0.6) is 5.75 Å². The molecule has 0 atom stereocenters. The van der Waals surface area contributed by atoms with Crippen LogP contribution in [0.4, 0.5) is 11.4 Å². The van der Waals surface area contributed by atoms with Crippen molar-refractivity contribution < 1.29 is 27.5 Å². The van der Waals surface area contributed by atoms with Crippen LogP contribution in [-0.4, -0.2) is 72.0 Å². The van der Waals surface area contributed by atoms with Gasteiger partial charge in [-0.1, -0.05) is 0 Å². The van der Waals surface area contributed by atoms with Crippen LogP contribution in [0.1, 0.15) is 20.7 Å². The Morgan fingerprint density at radius 3 is 2.41 bits per heavy atom. The molecule has 172 valence electrons. The van der Waals surface area contributed by atoms with Crippen molar-refractivity contribution in [2.75, 3.05) is 57.7 Å². The van der Waals surface area contributed by atoms with E-state index in [1.807, 2.05) is 4.90 Å². The van der Waals surface area contributed by atoms with E-state index in [4.69, 9.17) is 15.2 Å². The molecule has 3 N–H and O–H groups in total. The molecular weight excluding hydrogens is 436 g/mol. The molecule has 0 aromatic heterocycles. The lowest BCUT2D eigenvalue weighted by molar-refractivity contribution is 0.0996. The number of morpholine rings is 1. The average molecular weight is 463 g/mol. The number of methoxy groups -OCH3 is 1. The van der Waals surface area contributed by atoms with Crippen molar-refractivity contribution in [1.82, 2.24) is 4.31 Å². The van der Waals surface area contributed by atoms with E-state index >= 15 is 0 Å². The summed E-state index contributed by atoms with van der Waals surface area (Å²) in [5.74, 6) is -0.883. The highest BCUT2D eigenvalue weighted by atomic mass is 32.2. The largest absolute Gasteiger partial charge is 0.495 e. The summed E-state index contributed by atoms with van der Waals surface area (Å²) in [5.41, 5.74) is 6.53. The van der Waals surface area contributed by atoms with Crippen LogP contribution < -0.4 is 20.7 Å². The van der Waals surface area contributed by atoms with Crippen LogP contribution in [-0.2, 0) is 14.8 Å². The van der Waals surface area contributed by atoms with E-state index in [9.17, 15) is 18.0 Å². The molecule has 1 saturated heterocycles. The number of hydrogen-bond donors (Lipinski definition) is 2. The quantitative estimate of drug-likeness (QED) is 0.631. The number of nitrogens with two attached hydrogens (primary N) is 1. The molecule has 1 aliphatic rings. The number of amides is 2. The van der Waals surface area contributed by atoms with E-state index in [-0.39, 0.29) is 21.7 Å². The Labute approximate surface area is 186 Å². The summed E-state index contributed by atoms with van der Waals surface area (Å²) in [6.45, 7) is 2.10. The molecule has 0 radical (unpaired) electrons. The van der Waals surface area contributed by atoms with E-state index in [1.165, 1.54) is 51.5 Å². The Balaban J connectivity index is 2.06. The van der Waals surface area contributed by atoms with Crippen LogP contribution in [0, 0.1) is 0 Å². The Kier molecular flexibility index (Phi) is 7.02. The molecule has 2 amide bonds. The minimum Gasteiger partial charge on any atom is -0.495 e. The molecule has 32 heavy (non-hydrogen) atoms. The summed E-state index contributed by atoms with van der Waals surface area (Å²) in [6.07, 6.45) is 0. The van der Waals surface area contributed by atoms with Crippen molar-refractivity contribution in [2.24, 2.45) is 5.73 Å². The first-order chi connectivity index (χ1) is 15.1. The minimum atomic E-state index is -3.76. The SMILES string of the molecule is COc1ccc(C(N)=O)cc1NC(=O)c1cc(S(=O)(=O)N(C)C)ccc1N1CCOCC1. The zero-order valence-corrected chi connectivity index (χ0v) is 18.9. The van der Waals surface area contributed by atoms with Crippen molar-refractivity contribution in [3.8, 4) is 5.75 Å². The Bertz CT molecular complexity index is 1130. The molecule has 0 spiro atoms. The standard InChI is InChI=1S/C21H26N4O6S/c1-24(2)32(28,29)15-5-6-18(25-8-10-31-11-9-25)16(13-15)21(27)23-17-12-14(20(22)26)4-7-19(17)30-3/h4-7,12-13H,8-11H2,1-3H3,(H2,22,26)(H,23,27). The van der Waals surface area contributed by atoms with Crippen LogP contribution in [0.25, 0.3) is 0 Å². The predicted octanol–water partition coefficient (Wildman–Crippen LogP) is 1.13. The second-order valence-electron chi connectivity index (χ2n) is 7.30. The summed E-state index contributed by atoms with van der Waals surface area (Å²) in [6, 6.07) is 8.86. The number of rotatable bonds is 7. The van der Waals surface area contributed by atoms with E-state index in [2.05, 4.69) is 5.32 Å². The second kappa shape index (κ2) is 9.55. The van der Waals surface area contributed by atoms with E-state index in [0.29, 0.717) is 37.7 Å². The molecule has 1 aliphatic heterocycles. The lowest BCUT2D eigenvalue weighted by atomic mass is 10.1. The molecule has 0 saturated carbocycles. The number of hydrogen-bond acceptors (Lipinski definition) is 7. The van der Waals surface area contributed by atoms with Gasteiger partial charge in [-0.2, -0.15) is 0 Å². The average Bonchev–Trinajstić information content (AvgIpc) is 2.79. The summed E-state index contributed by atoms with van der Waals surface area (Å²) in [7, 11) is 0.513. The maximum atomic E-state index is 13.3. The highest BCUT2D eigenvalue weighted by molar-refractivity contribution is 7.89. The summed E-state index contributed by atoms with van der Waals surface area (Å²) >= 11 is 0. The van der Waals surface area contributed by atoms with Gasteiger partial charge in [0.1, 0.15) is 5.75 Å². The van der Waals surface area contributed by atoms with Crippen LogP contribution in [0.3, 0.4) is 0 Å². The number of benzene rings is 2. The molecule has 0 unspecified atom stereocenters. The molecule has 3 rings (SSSR count). The molecule has 0 bridgehead atoms. The van der Waals surface area contributed by atoms with Gasteiger partial charge in [-0.25, -0.2) is 12.7 Å². The van der Waals surface area contributed by atoms with Gasteiger partial charge in [0.15, 0.2) is 0 Å². The van der Waals surface area contributed by atoms with Crippen LogP contribution in [0.2, 0.25) is 0 Å². The molecule has 1 fully saturated rings. The van der Waals surface area contributed by atoms with Gasteiger partial charge < -0.3 is 25.4 Å². The molecule has 1 heterocycles. The third kappa shape index (κ3) is 4.85. The number of carbonyl (C=O) groups excluding carboxylic acids is 2. The first-order valence-corrected chi connectivity index (χ1v) is 11.3. The predicted molar refractivity (Wildman–Crippen MR) is 120 cm³/mol. The van der Waals surface area contributed by atoms with Crippen molar-refractivity contribution in [2.45, 2.75) is 4.90 Å². The zero-order valence-electron chi connectivity index (χ0n) is 18.1. The van der Waals surface area contributed by atoms with Gasteiger partial charge in [0.25, 0.3) is 5.91 Å². The van der Waals surface area contributed by atoms with Gasteiger partial charge in [0, 0.05) is 38.4 Å². The molecule has 10 nitrogen and oxygen atoms in total. The first-order valence-electron chi connectivity index (χ1n) is 9.83. The highest BCUT2D eigenvalue weighted by Crippen LogP contribution is 2.30. The third-order valence-corrected chi connectivity index (χ3v) is 6.89. The van der Waals surface area contributed by atoms with Crippen molar-refractivity contribution in [3.63, 3.8) is 0 Å². The van der Waals surface area contributed by atoms with Crippen LogP contribution in [0.15, 0.2) is 41.3 Å².